The molecule has 2 aromatic heterocycles. The molecule has 0 saturated carbocycles. The monoisotopic (exact) mass is 227 g/mol. The first-order chi connectivity index (χ1) is 7.13. The quantitative estimate of drug-likeness (QED) is 0.734. The number of halogens is 1. The summed E-state index contributed by atoms with van der Waals surface area (Å²) in [6.07, 6.45) is 1.56. The van der Waals surface area contributed by atoms with Crippen LogP contribution in [0.1, 0.15) is 13.0 Å². The standard InChI is InChI=1S/C8H10ClN5O/c1-4(2-15)14-3-11-5-6(9)12-8(10)13-7(5)14/h3-4,15H,2H2,1H3,(H2,10,12,13). The summed E-state index contributed by atoms with van der Waals surface area (Å²) in [4.78, 5) is 11.9. The van der Waals surface area contributed by atoms with Crippen LogP contribution in [0.3, 0.4) is 0 Å². The van der Waals surface area contributed by atoms with Gasteiger partial charge in [0.05, 0.1) is 19.0 Å². The van der Waals surface area contributed by atoms with E-state index in [1.54, 1.807) is 10.9 Å². The fourth-order valence-electron chi connectivity index (χ4n) is 1.31. The van der Waals surface area contributed by atoms with E-state index in [1.165, 1.54) is 0 Å². The minimum Gasteiger partial charge on any atom is -0.394 e. The maximum atomic E-state index is 9.05. The topological polar surface area (TPSA) is 89.8 Å². The van der Waals surface area contributed by atoms with E-state index >= 15 is 0 Å². The first kappa shape index (κ1) is 10.1. The van der Waals surface area contributed by atoms with Crippen LogP contribution in [-0.2, 0) is 0 Å². The Hall–Kier alpha value is -1.40. The zero-order chi connectivity index (χ0) is 11.0. The lowest BCUT2D eigenvalue weighted by atomic mass is 10.3. The Kier molecular flexibility index (Phi) is 2.45. The Bertz CT molecular complexity index is 497. The van der Waals surface area contributed by atoms with Crippen LogP contribution in [0.15, 0.2) is 6.33 Å². The van der Waals surface area contributed by atoms with Crippen molar-refractivity contribution in [1.29, 1.82) is 0 Å². The number of aliphatic hydroxyl groups excluding tert-OH is 1. The number of nitrogens with zero attached hydrogens (tertiary/aromatic N) is 4. The molecule has 1 unspecified atom stereocenters. The van der Waals surface area contributed by atoms with Gasteiger partial charge in [-0.3, -0.25) is 0 Å². The summed E-state index contributed by atoms with van der Waals surface area (Å²) in [5, 5.41) is 9.27. The van der Waals surface area contributed by atoms with E-state index in [9.17, 15) is 0 Å². The van der Waals surface area contributed by atoms with Gasteiger partial charge in [0.2, 0.25) is 5.95 Å². The number of rotatable bonds is 2. The first-order valence-electron chi connectivity index (χ1n) is 4.40. The smallest absolute Gasteiger partial charge is 0.223 e. The molecule has 0 aromatic carbocycles. The number of anilines is 1. The third-order valence-corrected chi connectivity index (χ3v) is 2.40. The van der Waals surface area contributed by atoms with Gasteiger partial charge in [-0.05, 0) is 6.92 Å². The maximum absolute atomic E-state index is 9.05. The van der Waals surface area contributed by atoms with Gasteiger partial charge in [0.25, 0.3) is 0 Å². The van der Waals surface area contributed by atoms with Crippen molar-refractivity contribution in [2.24, 2.45) is 0 Å². The van der Waals surface area contributed by atoms with Gasteiger partial charge in [0.1, 0.15) is 5.52 Å². The molecule has 0 fully saturated rings. The summed E-state index contributed by atoms with van der Waals surface area (Å²) in [7, 11) is 0. The van der Waals surface area contributed by atoms with Gasteiger partial charge in [0.15, 0.2) is 10.8 Å². The second-order valence-electron chi connectivity index (χ2n) is 3.23. The lowest BCUT2D eigenvalue weighted by Gasteiger charge is -2.09. The van der Waals surface area contributed by atoms with E-state index in [4.69, 9.17) is 22.4 Å². The minimum absolute atomic E-state index is 0.00696. The van der Waals surface area contributed by atoms with Gasteiger partial charge in [0, 0.05) is 0 Å². The Labute approximate surface area is 90.7 Å². The molecule has 80 valence electrons. The van der Waals surface area contributed by atoms with Crippen molar-refractivity contribution < 1.29 is 5.11 Å². The van der Waals surface area contributed by atoms with E-state index in [2.05, 4.69) is 15.0 Å². The number of fused-ring (bicyclic) bond motifs is 1. The molecule has 0 radical (unpaired) electrons. The Morgan fingerprint density at radius 2 is 2.33 bits per heavy atom. The van der Waals surface area contributed by atoms with Crippen LogP contribution < -0.4 is 5.73 Å². The van der Waals surface area contributed by atoms with Crippen LogP contribution in [0, 0.1) is 0 Å². The van der Waals surface area contributed by atoms with Gasteiger partial charge >= 0.3 is 0 Å². The van der Waals surface area contributed by atoms with E-state index in [-0.39, 0.29) is 23.8 Å². The highest BCUT2D eigenvalue weighted by molar-refractivity contribution is 6.33. The van der Waals surface area contributed by atoms with Crippen LogP contribution in [0.5, 0.6) is 0 Å². The number of hydrogen-bond donors (Lipinski definition) is 2. The number of hydrogen-bond acceptors (Lipinski definition) is 5. The van der Waals surface area contributed by atoms with Crippen LogP contribution in [0.4, 0.5) is 5.95 Å². The summed E-state index contributed by atoms with van der Waals surface area (Å²) < 4.78 is 1.71. The predicted octanol–water partition coefficient (Wildman–Crippen LogP) is 0.615. The Balaban J connectivity index is 2.68. The molecule has 0 saturated heterocycles. The zero-order valence-electron chi connectivity index (χ0n) is 8.05. The number of aromatic nitrogens is 4. The van der Waals surface area contributed by atoms with Crippen LogP contribution in [0.2, 0.25) is 5.15 Å². The van der Waals surface area contributed by atoms with E-state index in [1.807, 2.05) is 6.92 Å². The minimum atomic E-state index is -0.125. The third-order valence-electron chi connectivity index (χ3n) is 2.14. The summed E-state index contributed by atoms with van der Waals surface area (Å²) in [6, 6.07) is -0.125. The molecular weight excluding hydrogens is 218 g/mol. The highest BCUT2D eigenvalue weighted by atomic mass is 35.5. The summed E-state index contributed by atoms with van der Waals surface area (Å²) >= 11 is 5.85. The number of nitrogen functional groups attached to an aromatic ring is 1. The molecule has 0 aliphatic heterocycles. The highest BCUT2D eigenvalue weighted by Crippen LogP contribution is 2.21. The number of imidazole rings is 1. The molecule has 1 atom stereocenters. The van der Waals surface area contributed by atoms with Crippen molar-refractivity contribution in [3.05, 3.63) is 11.5 Å². The zero-order valence-corrected chi connectivity index (χ0v) is 8.81. The Morgan fingerprint density at radius 3 is 3.00 bits per heavy atom. The normalized spacial score (nSPS) is 13.3. The van der Waals surface area contributed by atoms with Crippen molar-refractivity contribution >= 4 is 28.7 Å². The molecule has 2 rings (SSSR count). The molecule has 15 heavy (non-hydrogen) atoms. The highest BCUT2D eigenvalue weighted by Gasteiger charge is 2.13. The molecular formula is C8H10ClN5O. The molecule has 2 heterocycles. The van der Waals surface area contributed by atoms with Crippen molar-refractivity contribution in [2.45, 2.75) is 13.0 Å². The second kappa shape index (κ2) is 3.63. The summed E-state index contributed by atoms with van der Waals surface area (Å²) in [5.74, 6) is 0.0967. The third kappa shape index (κ3) is 1.62. The van der Waals surface area contributed by atoms with Gasteiger partial charge < -0.3 is 15.4 Å². The average molecular weight is 228 g/mol. The molecule has 0 amide bonds. The summed E-state index contributed by atoms with van der Waals surface area (Å²) in [6.45, 7) is 1.83. The van der Waals surface area contributed by atoms with Crippen molar-refractivity contribution in [3.63, 3.8) is 0 Å². The lowest BCUT2D eigenvalue weighted by Crippen LogP contribution is -2.09. The number of nitrogens with two attached hydrogens (primary N) is 1. The average Bonchev–Trinajstić information content (AvgIpc) is 2.60. The van der Waals surface area contributed by atoms with Crippen molar-refractivity contribution in [3.8, 4) is 0 Å². The Morgan fingerprint density at radius 1 is 1.60 bits per heavy atom. The lowest BCUT2D eigenvalue weighted by molar-refractivity contribution is 0.241. The van der Waals surface area contributed by atoms with E-state index in [0.29, 0.717) is 11.2 Å². The van der Waals surface area contributed by atoms with Crippen LogP contribution >= 0.6 is 11.6 Å². The predicted molar refractivity (Wildman–Crippen MR) is 56.5 cm³/mol. The van der Waals surface area contributed by atoms with Gasteiger partial charge in [-0.25, -0.2) is 4.98 Å². The SMILES string of the molecule is CC(CO)n1cnc2c(Cl)nc(N)nc21. The fraction of sp³-hybridized carbons (Fsp3) is 0.375. The molecule has 0 spiro atoms. The molecule has 2 aromatic rings. The fourth-order valence-corrected chi connectivity index (χ4v) is 1.53. The van der Waals surface area contributed by atoms with Crippen molar-refractivity contribution in [1.82, 2.24) is 19.5 Å². The van der Waals surface area contributed by atoms with Crippen molar-refractivity contribution in [2.75, 3.05) is 12.3 Å². The van der Waals surface area contributed by atoms with Gasteiger partial charge in [-0.1, -0.05) is 11.6 Å². The van der Waals surface area contributed by atoms with Gasteiger partial charge in [-0.2, -0.15) is 9.97 Å². The van der Waals surface area contributed by atoms with E-state index < -0.39 is 0 Å². The molecule has 7 heteroatoms. The number of aliphatic hydroxyl groups is 1. The molecule has 3 N–H and O–H groups in total. The molecule has 0 bridgehead atoms. The van der Waals surface area contributed by atoms with Crippen LogP contribution in [0.25, 0.3) is 11.2 Å². The molecule has 0 aliphatic carbocycles. The maximum Gasteiger partial charge on any atom is 0.223 e. The largest absolute Gasteiger partial charge is 0.394 e. The summed E-state index contributed by atoms with van der Waals surface area (Å²) in [5.41, 5.74) is 6.51. The molecule has 0 aliphatic rings. The molecule has 6 nitrogen and oxygen atoms in total. The van der Waals surface area contributed by atoms with Gasteiger partial charge in [-0.15, -0.1) is 0 Å². The first-order valence-corrected chi connectivity index (χ1v) is 4.77. The van der Waals surface area contributed by atoms with Crippen LogP contribution in [-0.4, -0.2) is 31.2 Å². The second-order valence-corrected chi connectivity index (χ2v) is 3.59. The van der Waals surface area contributed by atoms with E-state index in [0.717, 1.165) is 0 Å².